The maximum Gasteiger partial charge on any atom is 0.273 e. The maximum absolute atomic E-state index is 13.1. The number of carbonyl (C=O) groups excluding carboxylic acids is 2. The molecule has 5 rings (SSSR count). The summed E-state index contributed by atoms with van der Waals surface area (Å²) in [6.07, 6.45) is 11.5. The molecule has 35 heavy (non-hydrogen) atoms. The van der Waals surface area contributed by atoms with Gasteiger partial charge in [0.2, 0.25) is 0 Å². The standard InChI is InChI=1S/C28H38N4O3/c33-27(29-14-7-17-32-15-4-5-16-32)23-11-6-10-22(18-23)26(21-8-2-1-3-9-21)30-28(34)24-19-25(35-31-24)20-12-13-20/h6,10-11,18-21,26H,1-5,7-9,12-17H2,(H,29,33)(H,30,34). The lowest BCUT2D eigenvalue weighted by atomic mass is 9.80. The molecule has 1 saturated heterocycles. The van der Waals surface area contributed by atoms with Gasteiger partial charge in [0.05, 0.1) is 6.04 Å². The molecule has 2 aliphatic carbocycles. The van der Waals surface area contributed by atoms with Gasteiger partial charge in [-0.15, -0.1) is 0 Å². The largest absolute Gasteiger partial charge is 0.360 e. The summed E-state index contributed by atoms with van der Waals surface area (Å²) in [7, 11) is 0. The van der Waals surface area contributed by atoms with Crippen molar-refractivity contribution in [3.63, 3.8) is 0 Å². The molecule has 2 amide bonds. The van der Waals surface area contributed by atoms with Crippen molar-refractivity contribution in [1.82, 2.24) is 20.7 Å². The minimum Gasteiger partial charge on any atom is -0.360 e. The van der Waals surface area contributed by atoms with Crippen molar-refractivity contribution in [3.8, 4) is 0 Å². The normalized spacial score (nSPS) is 20.0. The second kappa shape index (κ2) is 11.4. The van der Waals surface area contributed by atoms with Crippen molar-refractivity contribution in [3.05, 3.63) is 52.9 Å². The van der Waals surface area contributed by atoms with Gasteiger partial charge in [-0.05, 0) is 88.2 Å². The number of nitrogens with one attached hydrogen (secondary N) is 2. The Balaban J connectivity index is 1.24. The van der Waals surface area contributed by atoms with Crippen LogP contribution < -0.4 is 10.6 Å². The van der Waals surface area contributed by atoms with Crippen LogP contribution in [0.4, 0.5) is 0 Å². The number of hydrogen-bond donors (Lipinski definition) is 2. The number of benzene rings is 1. The zero-order valence-corrected chi connectivity index (χ0v) is 20.6. The molecular formula is C28H38N4O3. The Morgan fingerprint density at radius 3 is 2.57 bits per heavy atom. The molecule has 2 heterocycles. The molecule has 3 aliphatic rings. The van der Waals surface area contributed by atoms with E-state index in [0.717, 1.165) is 50.0 Å². The lowest BCUT2D eigenvalue weighted by molar-refractivity contribution is 0.0903. The summed E-state index contributed by atoms with van der Waals surface area (Å²) in [6.45, 7) is 4.08. The van der Waals surface area contributed by atoms with Gasteiger partial charge in [-0.3, -0.25) is 9.59 Å². The van der Waals surface area contributed by atoms with Crippen LogP contribution in [0.5, 0.6) is 0 Å². The van der Waals surface area contributed by atoms with E-state index < -0.39 is 0 Å². The van der Waals surface area contributed by atoms with Gasteiger partial charge in [0, 0.05) is 24.1 Å². The van der Waals surface area contributed by atoms with E-state index in [1.165, 1.54) is 45.2 Å². The van der Waals surface area contributed by atoms with Crippen LogP contribution in [0.3, 0.4) is 0 Å². The fourth-order valence-corrected chi connectivity index (χ4v) is 5.60. The lowest BCUT2D eigenvalue weighted by Crippen LogP contribution is -2.35. The second-order valence-corrected chi connectivity index (χ2v) is 10.5. The van der Waals surface area contributed by atoms with Crippen LogP contribution in [0, 0.1) is 5.92 Å². The Morgan fingerprint density at radius 1 is 1.00 bits per heavy atom. The summed E-state index contributed by atoms with van der Waals surface area (Å²) < 4.78 is 5.41. The molecule has 2 N–H and O–H groups in total. The predicted octanol–water partition coefficient (Wildman–Crippen LogP) is 4.82. The summed E-state index contributed by atoms with van der Waals surface area (Å²) in [4.78, 5) is 28.5. The quantitative estimate of drug-likeness (QED) is 0.478. The van der Waals surface area contributed by atoms with Crippen LogP contribution in [0.1, 0.15) is 108 Å². The first-order chi connectivity index (χ1) is 17.2. The molecule has 1 aromatic heterocycles. The van der Waals surface area contributed by atoms with Crippen LogP contribution in [0.15, 0.2) is 34.9 Å². The molecule has 3 fully saturated rings. The third-order valence-corrected chi connectivity index (χ3v) is 7.79. The smallest absolute Gasteiger partial charge is 0.273 e. The van der Waals surface area contributed by atoms with E-state index in [9.17, 15) is 9.59 Å². The average Bonchev–Trinajstić information content (AvgIpc) is 3.38. The monoisotopic (exact) mass is 478 g/mol. The van der Waals surface area contributed by atoms with Crippen LogP contribution >= 0.6 is 0 Å². The molecular weight excluding hydrogens is 440 g/mol. The molecule has 1 atom stereocenters. The van der Waals surface area contributed by atoms with E-state index in [1.807, 2.05) is 24.3 Å². The Hall–Kier alpha value is -2.67. The van der Waals surface area contributed by atoms with Crippen molar-refractivity contribution in [2.45, 2.75) is 76.2 Å². The van der Waals surface area contributed by atoms with Crippen molar-refractivity contribution in [1.29, 1.82) is 0 Å². The van der Waals surface area contributed by atoms with Crippen LogP contribution in [0.2, 0.25) is 0 Å². The Labute approximate surface area is 208 Å². The molecule has 0 radical (unpaired) electrons. The van der Waals surface area contributed by atoms with Gasteiger partial charge in [-0.2, -0.15) is 0 Å². The van der Waals surface area contributed by atoms with Crippen molar-refractivity contribution >= 4 is 11.8 Å². The highest BCUT2D eigenvalue weighted by atomic mass is 16.5. The van der Waals surface area contributed by atoms with Crippen molar-refractivity contribution < 1.29 is 14.1 Å². The number of aromatic nitrogens is 1. The minimum atomic E-state index is -0.201. The zero-order chi connectivity index (χ0) is 24.0. The van der Waals surface area contributed by atoms with E-state index in [4.69, 9.17) is 4.52 Å². The number of rotatable bonds is 10. The van der Waals surface area contributed by atoms with Gasteiger partial charge in [-0.25, -0.2) is 0 Å². The van der Waals surface area contributed by atoms with Gasteiger partial charge in [0.15, 0.2) is 5.69 Å². The SMILES string of the molecule is O=C(NCCCN1CCCC1)c1cccc(C(NC(=O)c2cc(C3CC3)on2)C2CCCCC2)c1. The molecule has 0 spiro atoms. The van der Waals surface area contributed by atoms with Crippen molar-refractivity contribution in [2.24, 2.45) is 5.92 Å². The number of likely N-dealkylation sites (tertiary alicyclic amines) is 1. The third kappa shape index (κ3) is 6.31. The molecule has 1 unspecified atom stereocenters. The van der Waals surface area contributed by atoms with E-state index in [2.05, 4.69) is 20.7 Å². The molecule has 1 aliphatic heterocycles. The Bertz CT molecular complexity index is 1000. The summed E-state index contributed by atoms with van der Waals surface area (Å²) >= 11 is 0. The van der Waals surface area contributed by atoms with Crippen LogP contribution in [-0.4, -0.2) is 48.0 Å². The molecule has 2 aromatic rings. The maximum atomic E-state index is 13.1. The lowest BCUT2D eigenvalue weighted by Gasteiger charge is -2.31. The van der Waals surface area contributed by atoms with Crippen LogP contribution in [-0.2, 0) is 0 Å². The van der Waals surface area contributed by atoms with Gasteiger partial charge in [0.1, 0.15) is 5.76 Å². The number of nitrogens with zero attached hydrogens (tertiary/aromatic N) is 2. The third-order valence-electron chi connectivity index (χ3n) is 7.79. The average molecular weight is 479 g/mol. The number of amides is 2. The van der Waals surface area contributed by atoms with E-state index in [0.29, 0.717) is 29.6 Å². The highest BCUT2D eigenvalue weighted by molar-refractivity contribution is 5.94. The zero-order valence-electron chi connectivity index (χ0n) is 20.6. The fourth-order valence-electron chi connectivity index (χ4n) is 5.60. The number of hydrogen-bond acceptors (Lipinski definition) is 5. The Morgan fingerprint density at radius 2 is 1.80 bits per heavy atom. The highest BCUT2D eigenvalue weighted by Gasteiger charge is 2.31. The van der Waals surface area contributed by atoms with E-state index in [1.54, 1.807) is 6.07 Å². The predicted molar refractivity (Wildman–Crippen MR) is 134 cm³/mol. The molecule has 188 valence electrons. The molecule has 7 nitrogen and oxygen atoms in total. The Kier molecular flexibility index (Phi) is 7.82. The molecule has 0 bridgehead atoms. The first-order valence-electron chi connectivity index (χ1n) is 13.6. The topological polar surface area (TPSA) is 87.5 Å². The molecule has 7 heteroatoms. The minimum absolute atomic E-state index is 0.0485. The summed E-state index contributed by atoms with van der Waals surface area (Å²) in [5.74, 6) is 1.33. The molecule has 2 saturated carbocycles. The summed E-state index contributed by atoms with van der Waals surface area (Å²) in [5, 5.41) is 10.4. The highest BCUT2D eigenvalue weighted by Crippen LogP contribution is 2.40. The van der Waals surface area contributed by atoms with Gasteiger partial charge >= 0.3 is 0 Å². The molecule has 1 aromatic carbocycles. The fraction of sp³-hybridized carbons (Fsp3) is 0.607. The van der Waals surface area contributed by atoms with Crippen LogP contribution in [0.25, 0.3) is 0 Å². The van der Waals surface area contributed by atoms with Crippen molar-refractivity contribution in [2.75, 3.05) is 26.2 Å². The van der Waals surface area contributed by atoms with Gasteiger partial charge < -0.3 is 20.1 Å². The summed E-state index contributed by atoms with van der Waals surface area (Å²) in [6, 6.07) is 9.41. The van der Waals surface area contributed by atoms with Gasteiger partial charge in [0.25, 0.3) is 11.8 Å². The van der Waals surface area contributed by atoms with E-state index >= 15 is 0 Å². The second-order valence-electron chi connectivity index (χ2n) is 10.5. The van der Waals surface area contributed by atoms with E-state index in [-0.39, 0.29) is 17.9 Å². The van der Waals surface area contributed by atoms with Gasteiger partial charge in [-0.1, -0.05) is 36.6 Å². The summed E-state index contributed by atoms with van der Waals surface area (Å²) in [5.41, 5.74) is 1.98. The first-order valence-corrected chi connectivity index (χ1v) is 13.6. The number of carbonyl (C=O) groups is 2. The first kappa shape index (κ1) is 24.0.